The van der Waals surface area contributed by atoms with Gasteiger partial charge in [-0.25, -0.2) is 0 Å². The molecule has 1 unspecified atom stereocenters. The van der Waals surface area contributed by atoms with Crippen molar-refractivity contribution in [1.29, 1.82) is 5.26 Å². The van der Waals surface area contributed by atoms with Gasteiger partial charge >= 0.3 is 0 Å². The Morgan fingerprint density at radius 3 is 2.68 bits per heavy atom. The van der Waals surface area contributed by atoms with Crippen LogP contribution in [0.15, 0.2) is 48.1 Å². The van der Waals surface area contributed by atoms with Crippen molar-refractivity contribution >= 4 is 5.91 Å². The second kappa shape index (κ2) is 7.09. The summed E-state index contributed by atoms with van der Waals surface area (Å²) in [5, 5.41) is 8.86. The van der Waals surface area contributed by atoms with Crippen LogP contribution in [0, 0.1) is 11.3 Å². The van der Waals surface area contributed by atoms with Crippen LogP contribution >= 0.6 is 0 Å². The highest BCUT2D eigenvalue weighted by Crippen LogP contribution is 2.28. The first-order valence-corrected chi connectivity index (χ1v) is 7.63. The van der Waals surface area contributed by atoms with Crippen molar-refractivity contribution in [1.82, 2.24) is 4.90 Å². The lowest BCUT2D eigenvalue weighted by atomic mass is 9.89. The molecule has 1 amide bonds. The van der Waals surface area contributed by atoms with Gasteiger partial charge in [0.25, 0.3) is 0 Å². The molecule has 0 saturated carbocycles. The summed E-state index contributed by atoms with van der Waals surface area (Å²) in [4.78, 5) is 14.1. The second-order valence-corrected chi connectivity index (χ2v) is 5.85. The number of hydrogen-bond donors (Lipinski definition) is 0. The number of likely N-dealkylation sites (N-methyl/N-ethyl adjacent to an activating group) is 1. The third kappa shape index (κ3) is 3.46. The monoisotopic (exact) mass is 294 g/mol. The Morgan fingerprint density at radius 1 is 1.41 bits per heavy atom. The van der Waals surface area contributed by atoms with Crippen LogP contribution in [0.2, 0.25) is 0 Å². The molecule has 0 aliphatic carbocycles. The molecule has 1 aliphatic heterocycles. The molecule has 0 aromatic heterocycles. The molecule has 1 aliphatic rings. The molecule has 0 bridgehead atoms. The molecule has 0 fully saturated rings. The fourth-order valence-electron chi connectivity index (χ4n) is 2.85. The smallest absolute Gasteiger partial charge is 0.249 e. The highest BCUT2D eigenvalue weighted by atomic mass is 16.2. The number of amides is 1. The second-order valence-electron chi connectivity index (χ2n) is 5.85. The van der Waals surface area contributed by atoms with E-state index >= 15 is 0 Å². The van der Waals surface area contributed by atoms with Crippen molar-refractivity contribution in [2.24, 2.45) is 0 Å². The largest absolute Gasteiger partial charge is 0.342 e. The quantitative estimate of drug-likeness (QED) is 0.776. The number of allylic oxidation sites excluding steroid dienone is 1. The van der Waals surface area contributed by atoms with E-state index in [4.69, 9.17) is 5.26 Å². The molecule has 22 heavy (non-hydrogen) atoms. The SMILES string of the molecule is C=CC(CCC1=C(C)CCN(C)C1=O)c1ccc(C#N)cc1. The Hall–Kier alpha value is -2.34. The van der Waals surface area contributed by atoms with Crippen molar-refractivity contribution in [3.05, 3.63) is 59.2 Å². The number of hydrogen-bond acceptors (Lipinski definition) is 2. The number of carbonyl (C=O) groups is 1. The molecule has 0 N–H and O–H groups in total. The molecule has 1 atom stereocenters. The zero-order chi connectivity index (χ0) is 16.1. The zero-order valence-electron chi connectivity index (χ0n) is 13.3. The maximum absolute atomic E-state index is 12.3. The minimum Gasteiger partial charge on any atom is -0.342 e. The van der Waals surface area contributed by atoms with E-state index in [0.29, 0.717) is 5.56 Å². The lowest BCUT2D eigenvalue weighted by molar-refractivity contribution is -0.126. The van der Waals surface area contributed by atoms with E-state index in [1.165, 1.54) is 5.57 Å². The normalized spacial score (nSPS) is 16.4. The van der Waals surface area contributed by atoms with E-state index in [0.717, 1.165) is 36.9 Å². The van der Waals surface area contributed by atoms with Crippen LogP contribution in [0.1, 0.15) is 43.2 Å². The number of rotatable bonds is 5. The van der Waals surface area contributed by atoms with E-state index in [-0.39, 0.29) is 11.8 Å². The van der Waals surface area contributed by atoms with E-state index in [2.05, 4.69) is 19.6 Å². The molecule has 0 spiro atoms. The average Bonchev–Trinajstić information content (AvgIpc) is 2.55. The summed E-state index contributed by atoms with van der Waals surface area (Å²) >= 11 is 0. The molecule has 3 heteroatoms. The van der Waals surface area contributed by atoms with Gasteiger partial charge in [0.2, 0.25) is 5.91 Å². The fraction of sp³-hybridized carbons (Fsp3) is 0.368. The van der Waals surface area contributed by atoms with E-state index in [1.54, 1.807) is 4.90 Å². The summed E-state index contributed by atoms with van der Waals surface area (Å²) in [5.74, 6) is 0.361. The van der Waals surface area contributed by atoms with Crippen LogP contribution in [0.4, 0.5) is 0 Å². The van der Waals surface area contributed by atoms with Gasteiger partial charge in [-0.3, -0.25) is 4.79 Å². The molecule has 0 radical (unpaired) electrons. The first-order chi connectivity index (χ1) is 10.6. The summed E-state index contributed by atoms with van der Waals surface area (Å²) in [7, 11) is 1.86. The zero-order valence-corrected chi connectivity index (χ0v) is 13.3. The predicted octanol–water partition coefficient (Wildman–Crippen LogP) is 3.79. The summed E-state index contributed by atoms with van der Waals surface area (Å²) in [6, 6.07) is 9.73. The van der Waals surface area contributed by atoms with Crippen LogP contribution in [0.5, 0.6) is 0 Å². The standard InChI is InChI=1S/C19H22N2O/c1-4-16(17-7-5-15(13-20)6-8-17)9-10-18-14(2)11-12-21(3)19(18)22/h4-8,16H,1,9-12H2,2-3H3. The minimum atomic E-state index is 0.159. The van der Waals surface area contributed by atoms with Gasteiger partial charge in [0.05, 0.1) is 11.6 Å². The highest BCUT2D eigenvalue weighted by Gasteiger charge is 2.22. The lowest BCUT2D eigenvalue weighted by Crippen LogP contribution is -2.33. The molecular formula is C19H22N2O. The summed E-state index contributed by atoms with van der Waals surface area (Å²) < 4.78 is 0. The Kier molecular flexibility index (Phi) is 5.16. The van der Waals surface area contributed by atoms with Gasteiger partial charge in [-0.2, -0.15) is 5.26 Å². The van der Waals surface area contributed by atoms with Crippen LogP contribution < -0.4 is 0 Å². The summed E-state index contributed by atoms with van der Waals surface area (Å²) in [5.41, 5.74) is 3.97. The van der Waals surface area contributed by atoms with Crippen molar-refractivity contribution in [2.75, 3.05) is 13.6 Å². The third-order valence-corrected chi connectivity index (χ3v) is 4.40. The molecule has 3 nitrogen and oxygen atoms in total. The molecule has 1 heterocycles. The molecule has 1 aromatic carbocycles. The van der Waals surface area contributed by atoms with Crippen molar-refractivity contribution in [3.63, 3.8) is 0 Å². The van der Waals surface area contributed by atoms with Gasteiger partial charge in [0, 0.05) is 25.1 Å². The van der Waals surface area contributed by atoms with E-state index in [9.17, 15) is 4.79 Å². The van der Waals surface area contributed by atoms with E-state index < -0.39 is 0 Å². The Balaban J connectivity index is 2.09. The molecule has 114 valence electrons. The number of benzene rings is 1. The molecular weight excluding hydrogens is 272 g/mol. The Labute approximate surface area is 132 Å². The van der Waals surface area contributed by atoms with Crippen LogP contribution in [0.3, 0.4) is 0 Å². The Morgan fingerprint density at radius 2 is 2.09 bits per heavy atom. The topological polar surface area (TPSA) is 44.1 Å². The molecule has 2 rings (SSSR count). The summed E-state index contributed by atoms with van der Waals surface area (Å²) in [6.07, 6.45) is 4.52. The van der Waals surface area contributed by atoms with Gasteiger partial charge < -0.3 is 4.90 Å². The third-order valence-electron chi connectivity index (χ3n) is 4.40. The van der Waals surface area contributed by atoms with Crippen LogP contribution in [-0.2, 0) is 4.79 Å². The fourth-order valence-corrected chi connectivity index (χ4v) is 2.85. The molecule has 1 aromatic rings. The van der Waals surface area contributed by atoms with Crippen LogP contribution in [-0.4, -0.2) is 24.4 Å². The lowest BCUT2D eigenvalue weighted by Gasteiger charge is -2.27. The van der Waals surface area contributed by atoms with Gasteiger partial charge in [-0.1, -0.05) is 23.8 Å². The van der Waals surface area contributed by atoms with Crippen LogP contribution in [0.25, 0.3) is 0 Å². The van der Waals surface area contributed by atoms with Crippen molar-refractivity contribution in [3.8, 4) is 6.07 Å². The van der Waals surface area contributed by atoms with Gasteiger partial charge in [0.1, 0.15) is 0 Å². The number of nitriles is 1. The first-order valence-electron chi connectivity index (χ1n) is 7.63. The average molecular weight is 294 g/mol. The molecule has 0 saturated heterocycles. The maximum atomic E-state index is 12.3. The number of nitrogens with zero attached hydrogens (tertiary/aromatic N) is 2. The van der Waals surface area contributed by atoms with Crippen molar-refractivity contribution < 1.29 is 4.79 Å². The maximum Gasteiger partial charge on any atom is 0.249 e. The number of carbonyl (C=O) groups excluding carboxylic acids is 1. The Bertz CT molecular complexity index is 634. The predicted molar refractivity (Wildman–Crippen MR) is 88.3 cm³/mol. The van der Waals surface area contributed by atoms with Gasteiger partial charge in [-0.05, 0) is 43.9 Å². The van der Waals surface area contributed by atoms with E-state index in [1.807, 2.05) is 37.4 Å². The van der Waals surface area contributed by atoms with Gasteiger partial charge in [0.15, 0.2) is 0 Å². The summed E-state index contributed by atoms with van der Waals surface area (Å²) in [6.45, 7) is 6.79. The highest BCUT2D eigenvalue weighted by molar-refractivity contribution is 5.94. The van der Waals surface area contributed by atoms with Gasteiger partial charge in [-0.15, -0.1) is 6.58 Å². The first kappa shape index (κ1) is 16.0. The minimum absolute atomic E-state index is 0.159. The van der Waals surface area contributed by atoms with Crippen molar-refractivity contribution in [2.45, 2.75) is 32.1 Å².